The molecule has 1 amide bonds. The molecule has 1 aromatic carbocycles. The van der Waals surface area contributed by atoms with Crippen LogP contribution >= 0.6 is 0 Å². The van der Waals surface area contributed by atoms with Gasteiger partial charge in [0.25, 0.3) is 0 Å². The minimum absolute atomic E-state index is 0.0739. The van der Waals surface area contributed by atoms with Crippen molar-refractivity contribution in [2.45, 2.75) is 39.2 Å². The summed E-state index contributed by atoms with van der Waals surface area (Å²) in [4.78, 5) is 23.0. The van der Waals surface area contributed by atoms with Gasteiger partial charge in [-0.15, -0.1) is 0 Å². The smallest absolute Gasteiger partial charge is 0.307 e. The molecule has 0 fully saturated rings. The molecule has 0 saturated carbocycles. The molecule has 21 heavy (non-hydrogen) atoms. The second-order valence-corrected chi connectivity index (χ2v) is 4.99. The van der Waals surface area contributed by atoms with Crippen LogP contribution in [-0.2, 0) is 20.7 Å². The summed E-state index contributed by atoms with van der Waals surface area (Å²) in [6, 6.07) is 7.63. The van der Waals surface area contributed by atoms with Crippen molar-refractivity contribution in [3.63, 3.8) is 0 Å². The zero-order chi connectivity index (χ0) is 15.7. The van der Waals surface area contributed by atoms with Crippen molar-refractivity contribution in [2.75, 3.05) is 13.7 Å². The summed E-state index contributed by atoms with van der Waals surface area (Å²) in [6.07, 6.45) is 1.09. The van der Waals surface area contributed by atoms with Crippen molar-refractivity contribution in [2.24, 2.45) is 0 Å². The minimum Gasteiger partial charge on any atom is -0.497 e. The van der Waals surface area contributed by atoms with Gasteiger partial charge >= 0.3 is 5.97 Å². The summed E-state index contributed by atoms with van der Waals surface area (Å²) in [6.45, 7) is 3.90. The van der Waals surface area contributed by atoms with E-state index in [0.717, 1.165) is 11.3 Å². The fourth-order valence-electron chi connectivity index (χ4n) is 1.80. The van der Waals surface area contributed by atoms with Gasteiger partial charge in [-0.1, -0.05) is 12.1 Å². The predicted octanol–water partition coefficient (Wildman–Crippen LogP) is 2.09. The van der Waals surface area contributed by atoms with Gasteiger partial charge in [-0.05, 0) is 38.0 Å². The largest absolute Gasteiger partial charge is 0.497 e. The molecule has 0 unspecified atom stereocenters. The topological polar surface area (TPSA) is 64.6 Å². The van der Waals surface area contributed by atoms with Crippen LogP contribution in [0.1, 0.15) is 32.3 Å². The summed E-state index contributed by atoms with van der Waals surface area (Å²) in [5.41, 5.74) is 1.05. The number of carbonyl (C=O) groups is 2. The Morgan fingerprint density at radius 3 is 2.67 bits per heavy atom. The molecule has 0 atom stereocenters. The molecule has 0 aromatic heterocycles. The lowest BCUT2D eigenvalue weighted by atomic mass is 10.1. The number of methoxy groups -OCH3 is 1. The average molecular weight is 293 g/mol. The Kier molecular flexibility index (Phi) is 7.29. The van der Waals surface area contributed by atoms with Crippen LogP contribution < -0.4 is 10.1 Å². The summed E-state index contributed by atoms with van der Waals surface area (Å²) >= 11 is 0. The highest BCUT2D eigenvalue weighted by Crippen LogP contribution is 2.13. The van der Waals surface area contributed by atoms with Crippen LogP contribution in [0.5, 0.6) is 5.75 Å². The Bertz CT molecular complexity index is 471. The third-order valence-corrected chi connectivity index (χ3v) is 2.79. The van der Waals surface area contributed by atoms with Crippen LogP contribution in [0.15, 0.2) is 24.3 Å². The second kappa shape index (κ2) is 9.00. The predicted molar refractivity (Wildman–Crippen MR) is 80.2 cm³/mol. The molecule has 0 heterocycles. The van der Waals surface area contributed by atoms with E-state index in [1.54, 1.807) is 21.0 Å². The van der Waals surface area contributed by atoms with E-state index in [9.17, 15) is 9.59 Å². The first kappa shape index (κ1) is 17.0. The molecule has 0 saturated heterocycles. The quantitative estimate of drug-likeness (QED) is 0.745. The van der Waals surface area contributed by atoms with Crippen LogP contribution in [0.3, 0.4) is 0 Å². The van der Waals surface area contributed by atoms with Crippen molar-refractivity contribution < 1.29 is 19.1 Å². The van der Waals surface area contributed by atoms with Crippen LogP contribution in [-0.4, -0.2) is 31.6 Å². The molecular weight excluding hydrogens is 270 g/mol. The van der Waals surface area contributed by atoms with E-state index in [1.807, 2.05) is 24.3 Å². The van der Waals surface area contributed by atoms with E-state index < -0.39 is 0 Å². The number of hydrogen-bond acceptors (Lipinski definition) is 4. The molecule has 1 N–H and O–H groups in total. The SMILES string of the molecule is COc1cccc(CCC(=O)NCCC(=O)OC(C)C)c1. The number of nitrogens with one attached hydrogen (secondary N) is 1. The lowest BCUT2D eigenvalue weighted by molar-refractivity contribution is -0.147. The fourth-order valence-corrected chi connectivity index (χ4v) is 1.80. The third-order valence-electron chi connectivity index (χ3n) is 2.79. The van der Waals surface area contributed by atoms with Crippen LogP contribution in [0.2, 0.25) is 0 Å². The summed E-state index contributed by atoms with van der Waals surface area (Å²) in [5.74, 6) is 0.414. The van der Waals surface area contributed by atoms with Gasteiger partial charge in [0.1, 0.15) is 5.75 Å². The normalized spacial score (nSPS) is 10.3. The number of ether oxygens (including phenoxy) is 2. The number of carbonyl (C=O) groups excluding carboxylic acids is 2. The zero-order valence-electron chi connectivity index (χ0n) is 12.8. The average Bonchev–Trinajstić information content (AvgIpc) is 2.44. The fraction of sp³-hybridized carbons (Fsp3) is 0.500. The Balaban J connectivity index is 2.23. The highest BCUT2D eigenvalue weighted by Gasteiger charge is 2.07. The summed E-state index contributed by atoms with van der Waals surface area (Å²) < 4.78 is 10.1. The van der Waals surface area contributed by atoms with Crippen LogP contribution in [0.4, 0.5) is 0 Å². The van der Waals surface area contributed by atoms with Gasteiger partial charge in [0, 0.05) is 13.0 Å². The molecule has 0 aliphatic carbocycles. The second-order valence-electron chi connectivity index (χ2n) is 4.99. The van der Waals surface area contributed by atoms with E-state index in [4.69, 9.17) is 9.47 Å². The molecule has 0 bridgehead atoms. The maximum Gasteiger partial charge on any atom is 0.307 e. The summed E-state index contributed by atoms with van der Waals surface area (Å²) in [5, 5.41) is 2.71. The minimum atomic E-state index is -0.293. The highest BCUT2D eigenvalue weighted by molar-refractivity contribution is 5.77. The number of hydrogen-bond donors (Lipinski definition) is 1. The van der Waals surface area contributed by atoms with Gasteiger partial charge in [0.2, 0.25) is 5.91 Å². The van der Waals surface area contributed by atoms with Crippen molar-refractivity contribution in [1.82, 2.24) is 5.32 Å². The lowest BCUT2D eigenvalue weighted by Gasteiger charge is -2.08. The first-order valence-electron chi connectivity index (χ1n) is 7.10. The molecule has 5 nitrogen and oxygen atoms in total. The standard InChI is InChI=1S/C16H23NO4/c1-12(2)21-16(19)9-10-17-15(18)8-7-13-5-4-6-14(11-13)20-3/h4-6,11-12H,7-10H2,1-3H3,(H,17,18). The van der Waals surface area contributed by atoms with E-state index >= 15 is 0 Å². The van der Waals surface area contributed by atoms with Gasteiger partial charge in [-0.3, -0.25) is 9.59 Å². The van der Waals surface area contributed by atoms with E-state index in [1.165, 1.54) is 0 Å². The van der Waals surface area contributed by atoms with Gasteiger partial charge in [0.05, 0.1) is 19.6 Å². The van der Waals surface area contributed by atoms with Crippen molar-refractivity contribution >= 4 is 11.9 Å². The maximum atomic E-state index is 11.7. The van der Waals surface area contributed by atoms with E-state index in [0.29, 0.717) is 19.4 Å². The number of esters is 1. The van der Waals surface area contributed by atoms with Crippen LogP contribution in [0, 0.1) is 0 Å². The Morgan fingerprint density at radius 1 is 1.24 bits per heavy atom. The monoisotopic (exact) mass is 293 g/mol. The molecule has 1 aromatic rings. The molecular formula is C16H23NO4. The van der Waals surface area contributed by atoms with Crippen molar-refractivity contribution in [3.8, 4) is 5.75 Å². The third kappa shape index (κ3) is 7.34. The molecule has 116 valence electrons. The number of rotatable bonds is 8. The molecule has 0 aliphatic rings. The Morgan fingerprint density at radius 2 is 2.00 bits per heavy atom. The van der Waals surface area contributed by atoms with E-state index in [2.05, 4.69) is 5.32 Å². The van der Waals surface area contributed by atoms with Gasteiger partial charge in [0.15, 0.2) is 0 Å². The number of aryl methyl sites for hydroxylation is 1. The van der Waals surface area contributed by atoms with Gasteiger partial charge in [-0.2, -0.15) is 0 Å². The van der Waals surface area contributed by atoms with Crippen molar-refractivity contribution in [3.05, 3.63) is 29.8 Å². The van der Waals surface area contributed by atoms with Crippen molar-refractivity contribution in [1.29, 1.82) is 0 Å². The maximum absolute atomic E-state index is 11.7. The molecule has 0 radical (unpaired) electrons. The highest BCUT2D eigenvalue weighted by atomic mass is 16.5. The molecule has 5 heteroatoms. The van der Waals surface area contributed by atoms with Gasteiger partial charge in [-0.25, -0.2) is 0 Å². The molecule has 1 rings (SSSR count). The Hall–Kier alpha value is -2.04. The number of amides is 1. The number of benzene rings is 1. The molecule has 0 aliphatic heterocycles. The van der Waals surface area contributed by atoms with Crippen LogP contribution in [0.25, 0.3) is 0 Å². The lowest BCUT2D eigenvalue weighted by Crippen LogP contribution is -2.27. The zero-order valence-corrected chi connectivity index (χ0v) is 12.8. The molecule has 0 spiro atoms. The summed E-state index contributed by atoms with van der Waals surface area (Å²) in [7, 11) is 1.61. The first-order valence-corrected chi connectivity index (χ1v) is 7.10. The van der Waals surface area contributed by atoms with E-state index in [-0.39, 0.29) is 24.4 Å². The first-order chi connectivity index (χ1) is 10.0. The van der Waals surface area contributed by atoms with Gasteiger partial charge < -0.3 is 14.8 Å². The Labute approximate surface area is 125 Å².